The minimum atomic E-state index is 1.13. The second-order valence-corrected chi connectivity index (χ2v) is 4.34. The molecule has 3 rings (SSSR count). The third-order valence-electron chi connectivity index (χ3n) is 3.98. The molecule has 3 fully saturated rings. The first-order chi connectivity index (χ1) is 4.38. The third kappa shape index (κ3) is 0.461. The molecule has 50 valence electrons. The molecule has 0 N–H and O–H groups in total. The first kappa shape index (κ1) is 4.76. The van der Waals surface area contributed by atoms with Crippen LogP contribution in [0.15, 0.2) is 0 Å². The fourth-order valence-electron chi connectivity index (χ4n) is 3.22. The molecule has 0 amide bonds. The van der Waals surface area contributed by atoms with Crippen molar-refractivity contribution in [2.24, 2.45) is 29.6 Å². The SMILES string of the molecule is C[C@@H]1C2[C@H]3C[C@H]3CC[C@@H]21. The molecule has 1 unspecified atom stereocenters. The average molecular weight is 122 g/mol. The van der Waals surface area contributed by atoms with Crippen molar-refractivity contribution in [1.29, 1.82) is 0 Å². The Morgan fingerprint density at radius 3 is 2.78 bits per heavy atom. The van der Waals surface area contributed by atoms with E-state index in [9.17, 15) is 0 Å². The van der Waals surface area contributed by atoms with Gasteiger partial charge in [-0.3, -0.25) is 0 Å². The zero-order valence-electron chi connectivity index (χ0n) is 6.01. The highest BCUT2D eigenvalue weighted by molar-refractivity contribution is 5.09. The summed E-state index contributed by atoms with van der Waals surface area (Å²) in [6.45, 7) is 2.45. The monoisotopic (exact) mass is 122 g/mol. The number of fused-ring (bicyclic) bond motifs is 3. The molecular weight excluding hydrogens is 108 g/mol. The molecule has 0 aliphatic heterocycles. The van der Waals surface area contributed by atoms with Crippen molar-refractivity contribution in [3.8, 4) is 0 Å². The molecule has 0 aromatic heterocycles. The predicted molar refractivity (Wildman–Crippen MR) is 37.0 cm³/mol. The zero-order valence-corrected chi connectivity index (χ0v) is 6.01. The van der Waals surface area contributed by atoms with Gasteiger partial charge in [-0.2, -0.15) is 0 Å². The van der Waals surface area contributed by atoms with Gasteiger partial charge in [0.05, 0.1) is 0 Å². The van der Waals surface area contributed by atoms with Crippen LogP contribution in [0.4, 0.5) is 0 Å². The lowest BCUT2D eigenvalue weighted by Crippen LogP contribution is -1.96. The Balaban J connectivity index is 1.86. The standard InChI is InChI=1S/C9H14/c1-5-7-3-2-6-4-8(6)9(5)7/h5-9H,2-4H2,1H3/t5-,6+,7+,8-,9?/m0/s1. The molecule has 3 saturated carbocycles. The first-order valence-corrected chi connectivity index (χ1v) is 4.38. The summed E-state index contributed by atoms with van der Waals surface area (Å²) >= 11 is 0. The maximum atomic E-state index is 2.45. The van der Waals surface area contributed by atoms with Gasteiger partial charge in [-0.25, -0.2) is 0 Å². The van der Waals surface area contributed by atoms with E-state index >= 15 is 0 Å². The van der Waals surface area contributed by atoms with Gasteiger partial charge in [-0.1, -0.05) is 6.92 Å². The minimum absolute atomic E-state index is 1.13. The summed E-state index contributed by atoms with van der Waals surface area (Å²) in [5, 5.41) is 0. The molecule has 5 atom stereocenters. The van der Waals surface area contributed by atoms with Crippen LogP contribution in [0.1, 0.15) is 26.2 Å². The number of rotatable bonds is 0. The Hall–Kier alpha value is 0. The van der Waals surface area contributed by atoms with Crippen LogP contribution in [0, 0.1) is 29.6 Å². The molecule has 0 bridgehead atoms. The lowest BCUT2D eigenvalue weighted by molar-refractivity contribution is 0.456. The quantitative estimate of drug-likeness (QED) is 0.462. The Morgan fingerprint density at radius 2 is 2.00 bits per heavy atom. The maximum absolute atomic E-state index is 2.45. The van der Waals surface area contributed by atoms with E-state index in [0.717, 1.165) is 5.92 Å². The zero-order chi connectivity index (χ0) is 6.01. The largest absolute Gasteiger partial charge is 0.0619 e. The molecule has 0 nitrogen and oxygen atoms in total. The van der Waals surface area contributed by atoms with Crippen LogP contribution in [0.25, 0.3) is 0 Å². The van der Waals surface area contributed by atoms with Crippen LogP contribution in [-0.2, 0) is 0 Å². The molecule has 0 radical (unpaired) electrons. The van der Waals surface area contributed by atoms with Crippen molar-refractivity contribution in [3.05, 3.63) is 0 Å². The molecule has 0 heterocycles. The van der Waals surface area contributed by atoms with Crippen molar-refractivity contribution < 1.29 is 0 Å². The lowest BCUT2D eigenvalue weighted by Gasteiger charge is -2.04. The lowest BCUT2D eigenvalue weighted by atomic mass is 10.0. The van der Waals surface area contributed by atoms with Crippen molar-refractivity contribution in [2.75, 3.05) is 0 Å². The van der Waals surface area contributed by atoms with E-state index < -0.39 is 0 Å². The second-order valence-electron chi connectivity index (χ2n) is 4.34. The van der Waals surface area contributed by atoms with E-state index in [0.29, 0.717) is 0 Å². The number of hydrogen-bond acceptors (Lipinski definition) is 0. The highest BCUT2D eigenvalue weighted by Crippen LogP contribution is 2.68. The Kier molecular flexibility index (Phi) is 0.640. The fourth-order valence-corrected chi connectivity index (χ4v) is 3.22. The molecule has 0 heteroatoms. The van der Waals surface area contributed by atoms with Crippen molar-refractivity contribution >= 4 is 0 Å². The normalized spacial score (nSPS) is 68.3. The van der Waals surface area contributed by atoms with Crippen LogP contribution in [0.5, 0.6) is 0 Å². The molecule has 0 spiro atoms. The van der Waals surface area contributed by atoms with Gasteiger partial charge in [0.25, 0.3) is 0 Å². The summed E-state index contributed by atoms with van der Waals surface area (Å²) in [5.74, 6) is 5.95. The smallest absolute Gasteiger partial charge is 0.0323 e. The van der Waals surface area contributed by atoms with Gasteiger partial charge in [0.2, 0.25) is 0 Å². The molecule has 0 saturated heterocycles. The summed E-state index contributed by atoms with van der Waals surface area (Å²) in [6.07, 6.45) is 4.76. The minimum Gasteiger partial charge on any atom is -0.0619 e. The summed E-state index contributed by atoms with van der Waals surface area (Å²) in [4.78, 5) is 0. The van der Waals surface area contributed by atoms with Crippen molar-refractivity contribution in [2.45, 2.75) is 26.2 Å². The van der Waals surface area contributed by atoms with Gasteiger partial charge in [-0.15, -0.1) is 0 Å². The van der Waals surface area contributed by atoms with Crippen LogP contribution in [-0.4, -0.2) is 0 Å². The second kappa shape index (κ2) is 1.21. The summed E-state index contributed by atoms with van der Waals surface area (Å²) < 4.78 is 0. The summed E-state index contributed by atoms with van der Waals surface area (Å²) in [6, 6.07) is 0. The molecule has 3 aliphatic carbocycles. The maximum Gasteiger partial charge on any atom is -0.0323 e. The van der Waals surface area contributed by atoms with E-state index in [2.05, 4.69) is 6.92 Å². The Labute approximate surface area is 56.6 Å². The summed E-state index contributed by atoms with van der Waals surface area (Å²) in [7, 11) is 0. The van der Waals surface area contributed by atoms with E-state index in [4.69, 9.17) is 0 Å². The molecule has 9 heavy (non-hydrogen) atoms. The van der Waals surface area contributed by atoms with Crippen LogP contribution >= 0.6 is 0 Å². The molecule has 0 aromatic rings. The van der Waals surface area contributed by atoms with E-state index in [-0.39, 0.29) is 0 Å². The van der Waals surface area contributed by atoms with Crippen LogP contribution in [0.3, 0.4) is 0 Å². The van der Waals surface area contributed by atoms with Crippen molar-refractivity contribution in [3.63, 3.8) is 0 Å². The van der Waals surface area contributed by atoms with Gasteiger partial charge in [0, 0.05) is 0 Å². The van der Waals surface area contributed by atoms with Gasteiger partial charge in [0.1, 0.15) is 0 Å². The Bertz CT molecular complexity index is 148. The predicted octanol–water partition coefficient (Wildman–Crippen LogP) is 2.30. The highest BCUT2D eigenvalue weighted by Gasteiger charge is 2.61. The van der Waals surface area contributed by atoms with E-state index in [1.807, 2.05) is 0 Å². The van der Waals surface area contributed by atoms with E-state index in [1.165, 1.54) is 23.7 Å². The van der Waals surface area contributed by atoms with Crippen LogP contribution < -0.4 is 0 Å². The van der Waals surface area contributed by atoms with Gasteiger partial charge >= 0.3 is 0 Å². The topological polar surface area (TPSA) is 0 Å². The average Bonchev–Trinajstić information content (AvgIpc) is 2.64. The number of hydrogen-bond donors (Lipinski definition) is 0. The molecule has 0 aromatic carbocycles. The molecule has 3 aliphatic rings. The highest BCUT2D eigenvalue weighted by atomic mass is 14.7. The Morgan fingerprint density at radius 1 is 1.11 bits per heavy atom. The van der Waals surface area contributed by atoms with Gasteiger partial charge in [-0.05, 0) is 48.9 Å². The summed E-state index contributed by atoms with van der Waals surface area (Å²) in [5.41, 5.74) is 0. The van der Waals surface area contributed by atoms with Gasteiger partial charge < -0.3 is 0 Å². The van der Waals surface area contributed by atoms with E-state index in [1.54, 1.807) is 19.3 Å². The van der Waals surface area contributed by atoms with Crippen molar-refractivity contribution in [1.82, 2.24) is 0 Å². The fraction of sp³-hybridized carbons (Fsp3) is 1.00. The van der Waals surface area contributed by atoms with Gasteiger partial charge in [0.15, 0.2) is 0 Å². The van der Waals surface area contributed by atoms with Crippen LogP contribution in [0.2, 0.25) is 0 Å². The first-order valence-electron chi connectivity index (χ1n) is 4.38. The third-order valence-corrected chi connectivity index (χ3v) is 3.98. The molecular formula is C9H14.